The molecule has 14 heavy (non-hydrogen) atoms. The Labute approximate surface area is 112 Å². The fraction of sp³-hybridized carbons (Fsp3) is 0.100. The van der Waals surface area contributed by atoms with Crippen LogP contribution in [0.25, 0.3) is 10.9 Å². The number of pyridine rings is 1. The van der Waals surface area contributed by atoms with E-state index >= 15 is 0 Å². The fourth-order valence-corrected chi connectivity index (χ4v) is 1.55. The molecule has 0 aliphatic rings. The van der Waals surface area contributed by atoms with Crippen LogP contribution < -0.4 is 5.56 Å². The first-order valence-electron chi connectivity index (χ1n) is 3.86. The average molecular weight is 282 g/mol. The molecule has 0 radical (unpaired) electrons. The van der Waals surface area contributed by atoms with Crippen LogP contribution in [0.15, 0.2) is 29.1 Å². The van der Waals surface area contributed by atoms with Gasteiger partial charge in [-0.05, 0) is 5.52 Å². The largest absolute Gasteiger partial charge is 3.00 e. The van der Waals surface area contributed by atoms with Crippen LogP contribution in [-0.2, 0) is 39.8 Å². The zero-order valence-corrected chi connectivity index (χ0v) is 11.2. The smallest absolute Gasteiger partial charge is 0.344 e. The van der Waals surface area contributed by atoms with Crippen molar-refractivity contribution in [1.29, 1.82) is 0 Å². The van der Waals surface area contributed by atoms with Crippen LogP contribution in [0.2, 0.25) is 5.02 Å². The summed E-state index contributed by atoms with van der Waals surface area (Å²) in [6.45, 7) is 0. The third-order valence-corrected chi connectivity index (χ3v) is 2.32. The van der Waals surface area contributed by atoms with Crippen molar-refractivity contribution in [1.82, 2.24) is 4.57 Å². The number of halogens is 1. The molecule has 0 aliphatic carbocycles. The molecule has 0 amide bonds. The minimum Gasteiger partial charge on any atom is -0.344 e. The third kappa shape index (κ3) is 1.93. The summed E-state index contributed by atoms with van der Waals surface area (Å²) in [5.41, 5.74) is 0.625. The number of hydrogen-bond acceptors (Lipinski definition) is 1. The van der Waals surface area contributed by atoms with E-state index in [0.29, 0.717) is 5.02 Å². The minimum absolute atomic E-state index is 0. The van der Waals surface area contributed by atoms with Gasteiger partial charge < -0.3 is 4.57 Å². The summed E-state index contributed by atoms with van der Waals surface area (Å²) in [7, 11) is 1.71. The normalized spacial score (nSPS) is 9.86. The Balaban J connectivity index is 0.000000980. The van der Waals surface area contributed by atoms with Crippen molar-refractivity contribution in [3.8, 4) is 0 Å². The molecule has 0 saturated heterocycles. The maximum absolute atomic E-state index is 11.3. The maximum Gasteiger partial charge on any atom is 3.00 e. The molecule has 0 spiro atoms. The van der Waals surface area contributed by atoms with Crippen molar-refractivity contribution >= 4 is 22.5 Å². The van der Waals surface area contributed by atoms with Crippen molar-refractivity contribution in [3.63, 3.8) is 0 Å². The van der Waals surface area contributed by atoms with Crippen LogP contribution in [0.3, 0.4) is 0 Å². The molecule has 66 valence electrons. The van der Waals surface area contributed by atoms with Crippen LogP contribution in [0.1, 0.15) is 0 Å². The second-order valence-electron chi connectivity index (χ2n) is 2.82. The van der Waals surface area contributed by atoms with Crippen LogP contribution >= 0.6 is 11.6 Å². The molecule has 4 heteroatoms. The minimum atomic E-state index is -0.205. The number of benzene rings is 1. The van der Waals surface area contributed by atoms with Gasteiger partial charge in [-0.2, -0.15) is 6.07 Å². The predicted molar refractivity (Wildman–Crippen MR) is 53.0 cm³/mol. The van der Waals surface area contributed by atoms with Gasteiger partial charge in [-0.1, -0.05) is 18.2 Å². The summed E-state index contributed by atoms with van der Waals surface area (Å²) in [6, 6.07) is 10.0. The Kier molecular flexibility index (Phi) is 3.88. The van der Waals surface area contributed by atoms with Crippen molar-refractivity contribution in [2.45, 2.75) is 0 Å². The summed E-state index contributed by atoms with van der Waals surface area (Å²) in [4.78, 5) is 11.3. The Bertz CT molecular complexity index is 521. The van der Waals surface area contributed by atoms with Crippen molar-refractivity contribution in [2.24, 2.45) is 7.05 Å². The molecular weight excluding hydrogens is 274 g/mol. The van der Waals surface area contributed by atoms with E-state index in [9.17, 15) is 4.79 Å². The van der Waals surface area contributed by atoms with E-state index in [1.54, 1.807) is 7.05 Å². The molecule has 1 aromatic carbocycles. The van der Waals surface area contributed by atoms with E-state index in [1.807, 2.05) is 24.3 Å². The van der Waals surface area contributed by atoms with Gasteiger partial charge in [0.2, 0.25) is 0 Å². The predicted octanol–water partition coefficient (Wildman–Crippen LogP) is 1.99. The first kappa shape index (κ1) is 11.9. The molecule has 0 N–H and O–H groups in total. The standard InChI is InChI=1S/C10H7ClNO.Y/c1-12-9-5-3-2-4-7(9)8(11)6-10(12)13;/h2-5H,1H3;/q-1;+3. The second-order valence-corrected chi connectivity index (χ2v) is 3.20. The zero-order chi connectivity index (χ0) is 9.42. The van der Waals surface area contributed by atoms with Crippen molar-refractivity contribution < 1.29 is 32.7 Å². The van der Waals surface area contributed by atoms with Gasteiger partial charge in [0.15, 0.2) is 5.56 Å². The number of aryl methyl sites for hydroxylation is 1. The van der Waals surface area contributed by atoms with Crippen molar-refractivity contribution in [2.75, 3.05) is 0 Å². The number of rotatable bonds is 0. The average Bonchev–Trinajstić information content (AvgIpc) is 2.15. The summed E-state index contributed by atoms with van der Waals surface area (Å²) in [5.74, 6) is 0. The van der Waals surface area contributed by atoms with Gasteiger partial charge in [-0.15, -0.1) is 28.1 Å². The van der Waals surface area contributed by atoms with Gasteiger partial charge in [0.25, 0.3) is 0 Å². The molecule has 0 atom stereocenters. The van der Waals surface area contributed by atoms with Gasteiger partial charge in [-0.3, -0.25) is 4.79 Å². The molecule has 1 heterocycles. The first-order chi connectivity index (χ1) is 6.20. The van der Waals surface area contributed by atoms with E-state index in [4.69, 9.17) is 11.6 Å². The monoisotopic (exact) mass is 281 g/mol. The Morgan fingerprint density at radius 2 is 2.00 bits per heavy atom. The number of para-hydroxylation sites is 1. The zero-order valence-electron chi connectivity index (χ0n) is 7.62. The molecular formula is C10H7ClNOY+2. The van der Waals surface area contributed by atoms with Gasteiger partial charge in [0.05, 0.1) is 0 Å². The van der Waals surface area contributed by atoms with Crippen LogP contribution in [0, 0.1) is 6.07 Å². The topological polar surface area (TPSA) is 22.0 Å². The number of nitrogens with zero attached hydrogens (tertiary/aromatic N) is 1. The van der Waals surface area contributed by atoms with E-state index in [0.717, 1.165) is 10.9 Å². The number of aromatic nitrogens is 1. The summed E-state index contributed by atoms with van der Waals surface area (Å²) in [6.07, 6.45) is 0. The van der Waals surface area contributed by atoms with Crippen LogP contribution in [0.4, 0.5) is 0 Å². The molecule has 1 aromatic heterocycles. The second kappa shape index (κ2) is 4.56. The molecule has 2 aromatic rings. The van der Waals surface area contributed by atoms with Gasteiger partial charge in [-0.25, -0.2) is 0 Å². The van der Waals surface area contributed by atoms with Crippen LogP contribution in [0.5, 0.6) is 0 Å². The fourth-order valence-electron chi connectivity index (χ4n) is 1.31. The van der Waals surface area contributed by atoms with Gasteiger partial charge >= 0.3 is 32.7 Å². The summed E-state index contributed by atoms with van der Waals surface area (Å²) >= 11 is 5.87. The van der Waals surface area contributed by atoms with E-state index < -0.39 is 0 Å². The Hall–Kier alpha value is -0.176. The molecule has 0 unspecified atom stereocenters. The van der Waals surface area contributed by atoms with E-state index in [-0.39, 0.29) is 38.3 Å². The molecule has 0 bridgehead atoms. The summed E-state index contributed by atoms with van der Waals surface area (Å²) < 4.78 is 1.53. The van der Waals surface area contributed by atoms with Crippen molar-refractivity contribution in [3.05, 3.63) is 45.7 Å². The summed E-state index contributed by atoms with van der Waals surface area (Å²) in [5, 5.41) is 1.24. The van der Waals surface area contributed by atoms with E-state index in [1.165, 1.54) is 4.57 Å². The van der Waals surface area contributed by atoms with Gasteiger partial charge in [0, 0.05) is 7.05 Å². The number of hydrogen-bond donors (Lipinski definition) is 0. The van der Waals surface area contributed by atoms with E-state index in [2.05, 4.69) is 6.07 Å². The molecule has 2 rings (SSSR count). The molecule has 0 aliphatic heterocycles. The molecule has 0 saturated carbocycles. The van der Waals surface area contributed by atoms with Gasteiger partial charge in [0.1, 0.15) is 0 Å². The quantitative estimate of drug-likeness (QED) is 0.677. The maximum atomic E-state index is 11.3. The third-order valence-electron chi connectivity index (χ3n) is 2.02. The Morgan fingerprint density at radius 1 is 1.36 bits per heavy atom. The molecule has 2 nitrogen and oxygen atoms in total. The van der Waals surface area contributed by atoms with Crippen LogP contribution in [-0.4, -0.2) is 4.57 Å². The first-order valence-corrected chi connectivity index (χ1v) is 4.24. The SMILES string of the molecule is Cn1c(=O)[c-]c(Cl)c2ccccc21.[Y+3]. The molecule has 0 fully saturated rings. The number of fused-ring (bicyclic) bond motifs is 1. The Morgan fingerprint density at radius 3 is 2.71 bits per heavy atom.